The van der Waals surface area contributed by atoms with Gasteiger partial charge >= 0.3 is 5.97 Å². The highest BCUT2D eigenvalue weighted by Gasteiger charge is 2.52. The second-order valence-electron chi connectivity index (χ2n) is 11.1. The number of carbonyl (C=O) groups excluding carboxylic acids is 1. The van der Waals surface area contributed by atoms with E-state index in [1.165, 1.54) is 50.2 Å². The van der Waals surface area contributed by atoms with E-state index in [2.05, 4.69) is 24.3 Å². The van der Waals surface area contributed by atoms with Gasteiger partial charge in [0.05, 0.1) is 12.2 Å². The molecule has 4 heteroatoms. The summed E-state index contributed by atoms with van der Waals surface area (Å²) >= 11 is 0. The molecule has 0 saturated heterocycles. The molecule has 0 aromatic heterocycles. The Balaban J connectivity index is 1.38. The molecule has 4 bridgehead atoms. The van der Waals surface area contributed by atoms with Gasteiger partial charge in [-0.3, -0.25) is 0 Å². The number of phenolic OH excluding ortho intramolecular Hbond substituents is 1. The third kappa shape index (κ3) is 4.27. The molecule has 3 aromatic rings. The van der Waals surface area contributed by atoms with Crippen LogP contribution in [-0.4, -0.2) is 17.7 Å². The number of phenols is 1. The first kappa shape index (κ1) is 23.1. The van der Waals surface area contributed by atoms with E-state index < -0.39 is 5.97 Å². The molecule has 1 N–H and O–H groups in total. The maximum Gasteiger partial charge on any atom is 0.338 e. The fourth-order valence-electron chi connectivity index (χ4n) is 7.53. The Bertz CT molecular complexity index is 1230. The standard InChI is InChI=1S/C32H34O4/c1-2-35-31(34)26-8-10-27(29(33)16-26)25-9-11-30(36-20-21-6-4-3-5-7-21)28(15-25)32-17-22-12-23(18-32)14-24(13-22)19-32/h3-11,15-16,22-24,33H,2,12-14,17-20H2,1H3. The lowest BCUT2D eigenvalue weighted by Gasteiger charge is -2.57. The van der Waals surface area contributed by atoms with Crippen molar-refractivity contribution >= 4 is 5.97 Å². The summed E-state index contributed by atoms with van der Waals surface area (Å²) in [4.78, 5) is 12.1. The minimum Gasteiger partial charge on any atom is -0.507 e. The van der Waals surface area contributed by atoms with Crippen LogP contribution in [-0.2, 0) is 16.8 Å². The number of carbonyl (C=O) groups is 1. The second kappa shape index (κ2) is 9.31. The van der Waals surface area contributed by atoms with Crippen LogP contribution in [0.3, 0.4) is 0 Å². The van der Waals surface area contributed by atoms with E-state index >= 15 is 0 Å². The molecule has 186 valence electrons. The van der Waals surface area contributed by atoms with Crippen LogP contribution in [0.4, 0.5) is 0 Å². The summed E-state index contributed by atoms with van der Waals surface area (Å²) in [5.41, 5.74) is 4.65. The van der Waals surface area contributed by atoms with Crippen molar-refractivity contribution in [1.29, 1.82) is 0 Å². The number of benzene rings is 3. The molecule has 0 amide bonds. The molecular formula is C32H34O4. The van der Waals surface area contributed by atoms with E-state index in [9.17, 15) is 9.90 Å². The Labute approximate surface area is 213 Å². The van der Waals surface area contributed by atoms with Crippen molar-refractivity contribution < 1.29 is 19.4 Å². The van der Waals surface area contributed by atoms with Crippen molar-refractivity contribution in [3.05, 3.63) is 83.4 Å². The molecule has 0 unspecified atom stereocenters. The normalized spacial score (nSPS) is 26.1. The third-order valence-corrected chi connectivity index (χ3v) is 8.65. The van der Waals surface area contributed by atoms with Crippen molar-refractivity contribution in [3.8, 4) is 22.6 Å². The zero-order valence-electron chi connectivity index (χ0n) is 20.9. The summed E-state index contributed by atoms with van der Waals surface area (Å²) in [6.07, 6.45) is 7.85. The van der Waals surface area contributed by atoms with Gasteiger partial charge in [-0.05, 0) is 110 Å². The fourth-order valence-corrected chi connectivity index (χ4v) is 7.53. The average molecular weight is 483 g/mol. The zero-order chi connectivity index (χ0) is 24.7. The number of hydrogen-bond acceptors (Lipinski definition) is 4. The summed E-state index contributed by atoms with van der Waals surface area (Å²) in [7, 11) is 0. The summed E-state index contributed by atoms with van der Waals surface area (Å²) in [6, 6.07) is 21.8. The van der Waals surface area contributed by atoms with Gasteiger partial charge in [-0.1, -0.05) is 36.4 Å². The van der Waals surface area contributed by atoms with Crippen molar-refractivity contribution in [2.75, 3.05) is 6.61 Å². The highest BCUT2D eigenvalue weighted by Crippen LogP contribution is 2.62. The van der Waals surface area contributed by atoms with E-state index in [4.69, 9.17) is 9.47 Å². The lowest BCUT2D eigenvalue weighted by Crippen LogP contribution is -2.48. The fraction of sp³-hybridized carbons (Fsp3) is 0.406. The van der Waals surface area contributed by atoms with Gasteiger partial charge in [-0.2, -0.15) is 0 Å². The van der Waals surface area contributed by atoms with Crippen LogP contribution in [0.25, 0.3) is 11.1 Å². The average Bonchev–Trinajstić information content (AvgIpc) is 2.87. The van der Waals surface area contributed by atoms with Crippen LogP contribution in [0, 0.1) is 17.8 Å². The predicted octanol–water partition coefficient (Wildman–Crippen LogP) is 7.28. The molecule has 4 fully saturated rings. The van der Waals surface area contributed by atoms with Gasteiger partial charge in [-0.25, -0.2) is 4.79 Å². The maximum absolute atomic E-state index is 12.1. The van der Waals surface area contributed by atoms with Gasteiger partial charge in [0.25, 0.3) is 0 Å². The number of aromatic hydroxyl groups is 1. The third-order valence-electron chi connectivity index (χ3n) is 8.65. The van der Waals surface area contributed by atoms with Crippen molar-refractivity contribution in [2.24, 2.45) is 17.8 Å². The maximum atomic E-state index is 12.1. The SMILES string of the molecule is CCOC(=O)c1ccc(-c2ccc(OCc3ccccc3)c(C34CC5CC(CC(C5)C3)C4)c2)c(O)c1. The monoisotopic (exact) mass is 482 g/mol. The Kier molecular flexibility index (Phi) is 5.99. The highest BCUT2D eigenvalue weighted by atomic mass is 16.5. The molecule has 0 aliphatic heterocycles. The van der Waals surface area contributed by atoms with Crippen LogP contribution in [0.1, 0.15) is 66.9 Å². The first-order chi connectivity index (χ1) is 17.5. The Hall–Kier alpha value is -3.27. The number of hydrogen-bond donors (Lipinski definition) is 1. The van der Waals surface area contributed by atoms with Gasteiger partial charge in [0.15, 0.2) is 0 Å². The van der Waals surface area contributed by atoms with Crippen LogP contribution in [0.5, 0.6) is 11.5 Å². The van der Waals surface area contributed by atoms with E-state index in [1.807, 2.05) is 30.3 Å². The molecule has 4 aliphatic rings. The van der Waals surface area contributed by atoms with Gasteiger partial charge in [0.1, 0.15) is 18.1 Å². The van der Waals surface area contributed by atoms with Crippen LogP contribution < -0.4 is 4.74 Å². The quantitative estimate of drug-likeness (QED) is 0.360. The zero-order valence-corrected chi connectivity index (χ0v) is 20.9. The van der Waals surface area contributed by atoms with Gasteiger partial charge in [-0.15, -0.1) is 0 Å². The topological polar surface area (TPSA) is 55.8 Å². The smallest absolute Gasteiger partial charge is 0.338 e. The van der Waals surface area contributed by atoms with Crippen molar-refractivity contribution in [1.82, 2.24) is 0 Å². The predicted molar refractivity (Wildman–Crippen MR) is 140 cm³/mol. The van der Waals surface area contributed by atoms with Crippen LogP contribution in [0.2, 0.25) is 0 Å². The molecule has 0 heterocycles. The molecule has 3 aromatic carbocycles. The summed E-state index contributed by atoms with van der Waals surface area (Å²) < 4.78 is 11.6. The van der Waals surface area contributed by atoms with E-state index in [-0.39, 0.29) is 11.2 Å². The number of rotatable bonds is 7. The molecule has 36 heavy (non-hydrogen) atoms. The molecule has 4 nitrogen and oxygen atoms in total. The molecule has 0 atom stereocenters. The van der Waals surface area contributed by atoms with E-state index in [0.29, 0.717) is 18.8 Å². The van der Waals surface area contributed by atoms with Crippen molar-refractivity contribution in [2.45, 2.75) is 57.5 Å². The Morgan fingerprint density at radius 1 is 0.917 bits per heavy atom. The minimum atomic E-state index is -0.418. The molecule has 7 rings (SSSR count). The number of esters is 1. The molecule has 0 spiro atoms. The lowest BCUT2D eigenvalue weighted by molar-refractivity contribution is -0.00645. The molecule has 4 saturated carbocycles. The summed E-state index contributed by atoms with van der Waals surface area (Å²) in [6.45, 7) is 2.62. The highest BCUT2D eigenvalue weighted by molar-refractivity contribution is 5.91. The lowest BCUT2D eigenvalue weighted by atomic mass is 9.48. The van der Waals surface area contributed by atoms with Gasteiger partial charge in [0.2, 0.25) is 0 Å². The minimum absolute atomic E-state index is 0.0926. The summed E-state index contributed by atoms with van der Waals surface area (Å²) in [5.74, 6) is 3.10. The Morgan fingerprint density at radius 3 is 2.25 bits per heavy atom. The largest absolute Gasteiger partial charge is 0.507 e. The second-order valence-corrected chi connectivity index (χ2v) is 11.1. The van der Waals surface area contributed by atoms with E-state index in [1.54, 1.807) is 13.0 Å². The molecule has 4 aliphatic carbocycles. The van der Waals surface area contributed by atoms with Gasteiger partial charge in [0, 0.05) is 11.1 Å². The van der Waals surface area contributed by atoms with Crippen molar-refractivity contribution in [3.63, 3.8) is 0 Å². The first-order valence-corrected chi connectivity index (χ1v) is 13.3. The number of ether oxygens (including phenoxy) is 2. The molecular weight excluding hydrogens is 448 g/mol. The van der Waals surface area contributed by atoms with Crippen LogP contribution in [0.15, 0.2) is 66.7 Å². The van der Waals surface area contributed by atoms with Crippen LogP contribution >= 0.6 is 0 Å². The van der Waals surface area contributed by atoms with E-state index in [0.717, 1.165) is 40.2 Å². The molecule has 0 radical (unpaired) electrons. The Morgan fingerprint density at radius 2 is 1.61 bits per heavy atom. The first-order valence-electron chi connectivity index (χ1n) is 13.3. The van der Waals surface area contributed by atoms with Gasteiger partial charge < -0.3 is 14.6 Å². The summed E-state index contributed by atoms with van der Waals surface area (Å²) in [5, 5.41) is 10.9.